The first-order valence-corrected chi connectivity index (χ1v) is 14.5. The number of hydrazone groups is 1. The zero-order valence-corrected chi connectivity index (χ0v) is 24.2. The van der Waals surface area contributed by atoms with Gasteiger partial charge in [0.1, 0.15) is 12.3 Å². The molecule has 1 amide bonds. The molecule has 0 unspecified atom stereocenters. The van der Waals surface area contributed by atoms with E-state index in [4.69, 9.17) is 4.74 Å². The van der Waals surface area contributed by atoms with Crippen LogP contribution in [0, 0.1) is 13.8 Å². The lowest BCUT2D eigenvalue weighted by atomic mass is 10.2. The quantitative estimate of drug-likeness (QED) is 0.187. The van der Waals surface area contributed by atoms with Crippen molar-refractivity contribution in [3.63, 3.8) is 0 Å². The molecule has 0 spiro atoms. The molecule has 1 heterocycles. The van der Waals surface area contributed by atoms with Gasteiger partial charge in [-0.2, -0.15) is 5.10 Å². The van der Waals surface area contributed by atoms with Gasteiger partial charge in [-0.25, -0.2) is 13.8 Å². The van der Waals surface area contributed by atoms with Crippen LogP contribution in [0.4, 0.5) is 5.69 Å². The third-order valence-electron chi connectivity index (χ3n) is 6.00. The normalized spacial score (nSPS) is 11.5. The summed E-state index contributed by atoms with van der Waals surface area (Å²) < 4.78 is 37.0. The first-order chi connectivity index (χ1) is 18.7. The molecule has 10 heteroatoms. The smallest absolute Gasteiger partial charge is 0.264 e. The van der Waals surface area contributed by atoms with Crippen LogP contribution in [-0.4, -0.2) is 38.3 Å². The molecule has 202 valence electrons. The Hall–Kier alpha value is -3.89. The Labute approximate surface area is 237 Å². The number of nitrogens with zero attached hydrogens (tertiary/aromatic N) is 3. The molecule has 0 saturated heterocycles. The molecule has 0 radical (unpaired) electrons. The maximum atomic E-state index is 13.6. The Kier molecular flexibility index (Phi) is 8.88. The maximum absolute atomic E-state index is 13.6. The molecule has 0 saturated carbocycles. The average molecular weight is 610 g/mol. The molecule has 39 heavy (non-hydrogen) atoms. The van der Waals surface area contributed by atoms with Crippen molar-refractivity contribution in [3.8, 4) is 11.4 Å². The number of benzene rings is 3. The largest absolute Gasteiger partial charge is 0.492 e. The molecule has 8 nitrogen and oxygen atoms in total. The SMILES string of the molecule is CCOc1ccccc1N(CC(=O)N/N=C/c1cc(C)n(-c2ccc(Br)cc2)c1C)S(=O)(=O)c1ccccc1. The van der Waals surface area contributed by atoms with Gasteiger partial charge in [-0.1, -0.05) is 46.3 Å². The van der Waals surface area contributed by atoms with Crippen LogP contribution < -0.4 is 14.5 Å². The van der Waals surface area contributed by atoms with Crippen molar-refractivity contribution in [1.29, 1.82) is 0 Å². The fourth-order valence-electron chi connectivity index (χ4n) is 4.21. The fraction of sp³-hybridized carbons (Fsp3) is 0.172. The second-order valence-electron chi connectivity index (χ2n) is 8.66. The van der Waals surface area contributed by atoms with Crippen LogP contribution in [0.1, 0.15) is 23.9 Å². The van der Waals surface area contributed by atoms with Crippen molar-refractivity contribution in [3.05, 3.63) is 106 Å². The molecule has 1 N–H and O–H groups in total. The highest BCUT2D eigenvalue weighted by atomic mass is 79.9. The second-order valence-corrected chi connectivity index (χ2v) is 11.4. The van der Waals surface area contributed by atoms with E-state index in [0.717, 1.165) is 31.4 Å². The van der Waals surface area contributed by atoms with Gasteiger partial charge in [0.15, 0.2) is 0 Å². The topological polar surface area (TPSA) is 93.0 Å². The predicted octanol–water partition coefficient (Wildman–Crippen LogP) is 5.60. The fourth-order valence-corrected chi connectivity index (χ4v) is 5.92. The number of halogens is 1. The van der Waals surface area contributed by atoms with E-state index in [1.807, 2.05) is 51.1 Å². The molecular formula is C29H29BrN4O4S. The van der Waals surface area contributed by atoms with Gasteiger partial charge in [0.05, 0.1) is 23.4 Å². The average Bonchev–Trinajstić information content (AvgIpc) is 3.21. The summed E-state index contributed by atoms with van der Waals surface area (Å²) in [4.78, 5) is 13.1. The van der Waals surface area contributed by atoms with Crippen LogP contribution >= 0.6 is 15.9 Å². The summed E-state index contributed by atoms with van der Waals surface area (Å²) in [6.45, 7) is 5.62. The molecule has 0 aliphatic heterocycles. The van der Waals surface area contributed by atoms with E-state index in [1.165, 1.54) is 12.1 Å². The van der Waals surface area contributed by atoms with Gasteiger partial charge < -0.3 is 9.30 Å². The third kappa shape index (κ3) is 6.40. The number of hydrogen-bond acceptors (Lipinski definition) is 5. The summed E-state index contributed by atoms with van der Waals surface area (Å²) in [5, 5.41) is 4.13. The molecule has 4 aromatic rings. The van der Waals surface area contributed by atoms with Gasteiger partial charge >= 0.3 is 0 Å². The highest BCUT2D eigenvalue weighted by Crippen LogP contribution is 2.32. The van der Waals surface area contributed by atoms with Crippen LogP contribution in [0.3, 0.4) is 0 Å². The lowest BCUT2D eigenvalue weighted by Gasteiger charge is -2.25. The van der Waals surface area contributed by atoms with Crippen LogP contribution in [0.5, 0.6) is 5.75 Å². The number of sulfonamides is 1. The highest BCUT2D eigenvalue weighted by Gasteiger charge is 2.29. The van der Waals surface area contributed by atoms with Crippen LogP contribution in [0.2, 0.25) is 0 Å². The zero-order valence-electron chi connectivity index (χ0n) is 21.8. The Bertz CT molecular complexity index is 1580. The number of anilines is 1. The maximum Gasteiger partial charge on any atom is 0.264 e. The molecular weight excluding hydrogens is 580 g/mol. The minimum Gasteiger partial charge on any atom is -0.492 e. The first-order valence-electron chi connectivity index (χ1n) is 12.3. The molecule has 0 atom stereocenters. The van der Waals surface area contributed by atoms with Crippen molar-refractivity contribution in [1.82, 2.24) is 9.99 Å². The first kappa shape index (κ1) is 28.1. The number of carbonyl (C=O) groups excluding carboxylic acids is 1. The Morgan fingerprint density at radius 3 is 2.38 bits per heavy atom. The molecule has 0 aliphatic carbocycles. The van der Waals surface area contributed by atoms with Gasteiger partial charge in [0.2, 0.25) is 0 Å². The van der Waals surface area contributed by atoms with E-state index >= 15 is 0 Å². The molecule has 0 fully saturated rings. The van der Waals surface area contributed by atoms with E-state index in [1.54, 1.807) is 48.7 Å². The number of aromatic nitrogens is 1. The Morgan fingerprint density at radius 1 is 1.03 bits per heavy atom. The second kappa shape index (κ2) is 12.3. The number of rotatable bonds is 10. The van der Waals surface area contributed by atoms with Crippen molar-refractivity contribution in [2.45, 2.75) is 25.7 Å². The van der Waals surface area contributed by atoms with Crippen LogP contribution in [-0.2, 0) is 14.8 Å². The molecule has 0 aliphatic rings. The van der Waals surface area contributed by atoms with E-state index in [0.29, 0.717) is 12.4 Å². The number of aryl methyl sites for hydroxylation is 1. The summed E-state index contributed by atoms with van der Waals surface area (Å²) in [6, 6.07) is 24.6. The van der Waals surface area contributed by atoms with E-state index < -0.39 is 22.5 Å². The van der Waals surface area contributed by atoms with Crippen molar-refractivity contribution in [2.24, 2.45) is 5.10 Å². The number of hydrogen-bond donors (Lipinski definition) is 1. The molecule has 0 bridgehead atoms. The summed E-state index contributed by atoms with van der Waals surface area (Å²) in [5.41, 5.74) is 6.53. The Balaban J connectivity index is 1.57. The summed E-state index contributed by atoms with van der Waals surface area (Å²) >= 11 is 3.46. The van der Waals surface area contributed by atoms with Gasteiger partial charge in [0, 0.05) is 27.1 Å². The van der Waals surface area contributed by atoms with E-state index in [9.17, 15) is 13.2 Å². The minimum atomic E-state index is -4.08. The molecule has 4 rings (SSSR count). The van der Waals surface area contributed by atoms with Crippen molar-refractivity contribution >= 4 is 43.8 Å². The predicted molar refractivity (Wildman–Crippen MR) is 157 cm³/mol. The van der Waals surface area contributed by atoms with E-state index in [2.05, 4.69) is 31.0 Å². The number of nitrogens with one attached hydrogen (secondary N) is 1. The Morgan fingerprint density at radius 2 is 1.69 bits per heavy atom. The monoisotopic (exact) mass is 608 g/mol. The number of carbonyl (C=O) groups is 1. The van der Waals surface area contributed by atoms with Crippen LogP contribution in [0.15, 0.2) is 99.4 Å². The van der Waals surface area contributed by atoms with Gasteiger partial charge in [-0.3, -0.25) is 9.10 Å². The summed E-state index contributed by atoms with van der Waals surface area (Å²) in [7, 11) is -4.08. The van der Waals surface area contributed by atoms with Crippen molar-refractivity contribution < 1.29 is 17.9 Å². The summed E-state index contributed by atoms with van der Waals surface area (Å²) in [6.07, 6.45) is 1.56. The number of amides is 1. The third-order valence-corrected chi connectivity index (χ3v) is 8.30. The highest BCUT2D eigenvalue weighted by molar-refractivity contribution is 9.10. The summed E-state index contributed by atoms with van der Waals surface area (Å²) in [5.74, 6) is -0.241. The van der Waals surface area contributed by atoms with Crippen molar-refractivity contribution in [2.75, 3.05) is 17.5 Å². The number of para-hydroxylation sites is 2. The van der Waals surface area contributed by atoms with Gasteiger partial charge in [-0.15, -0.1) is 0 Å². The lowest BCUT2D eigenvalue weighted by Crippen LogP contribution is -2.39. The van der Waals surface area contributed by atoms with Gasteiger partial charge in [0.25, 0.3) is 15.9 Å². The van der Waals surface area contributed by atoms with Crippen LogP contribution in [0.25, 0.3) is 5.69 Å². The molecule has 1 aromatic heterocycles. The lowest BCUT2D eigenvalue weighted by molar-refractivity contribution is -0.119. The minimum absolute atomic E-state index is 0.0629. The standard InChI is InChI=1S/C29H29BrN4O4S/c1-4-38-28-13-9-8-12-27(28)33(39(36,37)26-10-6-5-7-11-26)20-29(35)32-31-19-23-18-21(2)34(22(23)3)25-16-14-24(30)15-17-25/h5-19H,4,20H2,1-3H3,(H,32,35)/b31-19+. The zero-order chi connectivity index (χ0) is 28.0. The van der Waals surface area contributed by atoms with Gasteiger partial charge in [-0.05, 0) is 75.4 Å². The van der Waals surface area contributed by atoms with E-state index in [-0.39, 0.29) is 10.6 Å². The molecule has 3 aromatic carbocycles. The number of ether oxygens (including phenoxy) is 1.